The minimum atomic E-state index is 0.740. The van der Waals surface area contributed by atoms with Gasteiger partial charge in [-0.15, -0.1) is 0 Å². The van der Waals surface area contributed by atoms with E-state index in [1.165, 1.54) is 5.56 Å². The Morgan fingerprint density at radius 1 is 0.952 bits per heavy atom. The Hall–Kier alpha value is -1.42. The van der Waals surface area contributed by atoms with Crippen LogP contribution in [-0.2, 0) is 13.1 Å². The fourth-order valence-electron chi connectivity index (χ4n) is 2.31. The highest BCUT2D eigenvalue weighted by Crippen LogP contribution is 2.25. The minimum Gasteiger partial charge on any atom is -0.308 e. The molecule has 0 fully saturated rings. The van der Waals surface area contributed by atoms with Crippen molar-refractivity contribution >= 4 is 38.4 Å². The van der Waals surface area contributed by atoms with Gasteiger partial charge in [-0.05, 0) is 29.3 Å². The molecular formula is C17H14BrClN2. The summed E-state index contributed by atoms with van der Waals surface area (Å²) in [7, 11) is 0. The lowest BCUT2D eigenvalue weighted by molar-refractivity contribution is 0.696. The smallest absolute Gasteiger partial charge is 0.0758 e. The molecule has 106 valence electrons. The minimum absolute atomic E-state index is 0.740. The second kappa shape index (κ2) is 6.56. The van der Waals surface area contributed by atoms with Crippen molar-refractivity contribution in [3.8, 4) is 0 Å². The molecule has 0 saturated carbocycles. The average Bonchev–Trinajstić information content (AvgIpc) is 2.52. The zero-order valence-corrected chi connectivity index (χ0v) is 13.7. The van der Waals surface area contributed by atoms with Gasteiger partial charge in [0.05, 0.1) is 5.52 Å². The Bertz CT molecular complexity index is 774. The van der Waals surface area contributed by atoms with Gasteiger partial charge in [-0.3, -0.25) is 4.98 Å². The molecule has 0 spiro atoms. The van der Waals surface area contributed by atoms with Crippen LogP contribution in [0.25, 0.3) is 10.9 Å². The first-order valence-corrected chi connectivity index (χ1v) is 7.89. The normalized spacial score (nSPS) is 11.0. The van der Waals surface area contributed by atoms with Gasteiger partial charge in [0.15, 0.2) is 0 Å². The summed E-state index contributed by atoms with van der Waals surface area (Å²) in [5.74, 6) is 0. The van der Waals surface area contributed by atoms with Gasteiger partial charge < -0.3 is 5.32 Å². The quantitative estimate of drug-likeness (QED) is 0.712. The van der Waals surface area contributed by atoms with Crippen molar-refractivity contribution in [1.82, 2.24) is 10.3 Å². The standard InChI is InChI=1S/C17H14BrClN2/c18-15-8-7-13(17-14(15)5-3-9-21-17)11-20-10-12-4-1-2-6-16(12)19/h1-9,20H,10-11H2. The Morgan fingerprint density at radius 3 is 2.62 bits per heavy atom. The lowest BCUT2D eigenvalue weighted by atomic mass is 10.1. The summed E-state index contributed by atoms with van der Waals surface area (Å²) in [5.41, 5.74) is 3.31. The highest BCUT2D eigenvalue weighted by Gasteiger charge is 2.05. The molecule has 1 N–H and O–H groups in total. The van der Waals surface area contributed by atoms with Gasteiger partial charge in [-0.2, -0.15) is 0 Å². The topological polar surface area (TPSA) is 24.9 Å². The zero-order chi connectivity index (χ0) is 14.7. The third-order valence-corrected chi connectivity index (χ3v) is 4.45. The molecule has 2 aromatic carbocycles. The van der Waals surface area contributed by atoms with E-state index in [0.717, 1.165) is 39.1 Å². The number of pyridine rings is 1. The highest BCUT2D eigenvalue weighted by atomic mass is 79.9. The van der Waals surface area contributed by atoms with Crippen LogP contribution in [0, 0.1) is 0 Å². The molecule has 1 aromatic heterocycles. The van der Waals surface area contributed by atoms with Crippen molar-refractivity contribution in [3.63, 3.8) is 0 Å². The average molecular weight is 362 g/mol. The molecule has 3 rings (SSSR count). The molecule has 2 nitrogen and oxygen atoms in total. The maximum absolute atomic E-state index is 6.16. The molecule has 3 aromatic rings. The van der Waals surface area contributed by atoms with Crippen molar-refractivity contribution < 1.29 is 0 Å². The lowest BCUT2D eigenvalue weighted by Crippen LogP contribution is -2.13. The lowest BCUT2D eigenvalue weighted by Gasteiger charge is -2.09. The van der Waals surface area contributed by atoms with E-state index in [1.54, 1.807) is 0 Å². The van der Waals surface area contributed by atoms with Crippen LogP contribution in [0.15, 0.2) is 59.2 Å². The van der Waals surface area contributed by atoms with E-state index in [4.69, 9.17) is 11.6 Å². The number of nitrogens with zero attached hydrogens (tertiary/aromatic N) is 1. The maximum atomic E-state index is 6.16. The second-order valence-electron chi connectivity index (χ2n) is 4.80. The molecule has 0 aliphatic carbocycles. The SMILES string of the molecule is Clc1ccccc1CNCc1ccc(Br)c2cccnc12. The molecule has 4 heteroatoms. The molecule has 1 heterocycles. The first-order valence-electron chi connectivity index (χ1n) is 6.72. The Labute approximate surface area is 137 Å². The largest absolute Gasteiger partial charge is 0.308 e. The summed E-state index contributed by atoms with van der Waals surface area (Å²) in [6, 6.07) is 16.1. The summed E-state index contributed by atoms with van der Waals surface area (Å²) in [5, 5.41) is 5.36. The van der Waals surface area contributed by atoms with E-state index in [9.17, 15) is 0 Å². The second-order valence-corrected chi connectivity index (χ2v) is 6.06. The van der Waals surface area contributed by atoms with Gasteiger partial charge in [0.2, 0.25) is 0 Å². The predicted molar refractivity (Wildman–Crippen MR) is 91.4 cm³/mol. The van der Waals surface area contributed by atoms with Crippen LogP contribution in [0.3, 0.4) is 0 Å². The number of hydrogen-bond donors (Lipinski definition) is 1. The van der Waals surface area contributed by atoms with Crippen molar-refractivity contribution in [3.05, 3.63) is 75.4 Å². The number of nitrogens with one attached hydrogen (secondary N) is 1. The van der Waals surface area contributed by atoms with Gasteiger partial charge in [0.1, 0.15) is 0 Å². The Morgan fingerprint density at radius 2 is 1.76 bits per heavy atom. The van der Waals surface area contributed by atoms with Crippen molar-refractivity contribution in [2.24, 2.45) is 0 Å². The van der Waals surface area contributed by atoms with Crippen LogP contribution in [0.5, 0.6) is 0 Å². The third-order valence-electron chi connectivity index (χ3n) is 3.39. The van der Waals surface area contributed by atoms with E-state index in [0.29, 0.717) is 0 Å². The van der Waals surface area contributed by atoms with Crippen LogP contribution in [0.2, 0.25) is 5.02 Å². The van der Waals surface area contributed by atoms with Gasteiger partial charge in [0.25, 0.3) is 0 Å². The molecule has 0 unspecified atom stereocenters. The third kappa shape index (κ3) is 3.26. The van der Waals surface area contributed by atoms with E-state index < -0.39 is 0 Å². The number of rotatable bonds is 4. The van der Waals surface area contributed by atoms with E-state index in [2.05, 4.69) is 44.4 Å². The maximum Gasteiger partial charge on any atom is 0.0758 e. The number of halogens is 2. The number of hydrogen-bond acceptors (Lipinski definition) is 2. The van der Waals surface area contributed by atoms with Crippen LogP contribution in [-0.4, -0.2) is 4.98 Å². The van der Waals surface area contributed by atoms with Crippen LogP contribution >= 0.6 is 27.5 Å². The summed E-state index contributed by atoms with van der Waals surface area (Å²) in [6.45, 7) is 1.50. The van der Waals surface area contributed by atoms with Gasteiger partial charge in [0, 0.05) is 34.2 Å². The molecule has 0 aliphatic rings. The van der Waals surface area contributed by atoms with Crippen molar-refractivity contribution in [2.75, 3.05) is 0 Å². The first kappa shape index (κ1) is 14.5. The van der Waals surface area contributed by atoms with Crippen molar-refractivity contribution in [2.45, 2.75) is 13.1 Å². The molecule has 0 radical (unpaired) electrons. The highest BCUT2D eigenvalue weighted by molar-refractivity contribution is 9.10. The molecule has 21 heavy (non-hydrogen) atoms. The summed E-state index contributed by atoms with van der Waals surface area (Å²) in [4.78, 5) is 4.49. The molecule has 0 bridgehead atoms. The summed E-state index contributed by atoms with van der Waals surface area (Å²) >= 11 is 9.73. The summed E-state index contributed by atoms with van der Waals surface area (Å²) < 4.78 is 1.07. The molecular weight excluding hydrogens is 348 g/mol. The van der Waals surface area contributed by atoms with Crippen molar-refractivity contribution in [1.29, 1.82) is 0 Å². The number of fused-ring (bicyclic) bond motifs is 1. The molecule has 0 amide bonds. The molecule has 0 aliphatic heterocycles. The van der Waals surface area contributed by atoms with Gasteiger partial charge >= 0.3 is 0 Å². The molecule has 0 saturated heterocycles. The Balaban J connectivity index is 1.77. The number of benzene rings is 2. The number of aromatic nitrogens is 1. The van der Waals surface area contributed by atoms with Crippen LogP contribution < -0.4 is 5.32 Å². The summed E-state index contributed by atoms with van der Waals surface area (Å²) in [6.07, 6.45) is 1.83. The Kier molecular flexibility index (Phi) is 4.54. The molecule has 0 atom stereocenters. The van der Waals surface area contributed by atoms with Crippen LogP contribution in [0.4, 0.5) is 0 Å². The van der Waals surface area contributed by atoms with E-state index in [1.807, 2.05) is 36.5 Å². The first-order chi connectivity index (χ1) is 10.3. The zero-order valence-electron chi connectivity index (χ0n) is 11.3. The van der Waals surface area contributed by atoms with Crippen LogP contribution in [0.1, 0.15) is 11.1 Å². The van der Waals surface area contributed by atoms with Gasteiger partial charge in [-0.25, -0.2) is 0 Å². The predicted octanol–water partition coefficient (Wildman–Crippen LogP) is 4.94. The van der Waals surface area contributed by atoms with Gasteiger partial charge in [-0.1, -0.05) is 57.9 Å². The van der Waals surface area contributed by atoms with E-state index in [-0.39, 0.29) is 0 Å². The fraction of sp³-hybridized carbons (Fsp3) is 0.118. The van der Waals surface area contributed by atoms with E-state index >= 15 is 0 Å². The monoisotopic (exact) mass is 360 g/mol. The fourth-order valence-corrected chi connectivity index (χ4v) is 2.97.